The van der Waals surface area contributed by atoms with Crippen molar-refractivity contribution in [2.45, 2.75) is 25.9 Å². The van der Waals surface area contributed by atoms with E-state index in [0.29, 0.717) is 5.92 Å². The number of aliphatic hydroxyl groups is 1. The Labute approximate surface area is 68.0 Å². The van der Waals surface area contributed by atoms with Crippen LogP contribution in [0.4, 0.5) is 0 Å². The predicted octanol–water partition coefficient (Wildman–Crippen LogP) is 0.370. The van der Waals surface area contributed by atoms with Gasteiger partial charge in [-0.25, -0.2) is 0 Å². The number of β-amino-alcohol motifs (C(OH)–C–C–N with tert-alkyl or cyclic N) is 1. The summed E-state index contributed by atoms with van der Waals surface area (Å²) in [6, 6.07) is 0. The lowest BCUT2D eigenvalue weighted by Gasteiger charge is -2.09. The Bertz CT molecular complexity index is 168. The van der Waals surface area contributed by atoms with Gasteiger partial charge in [0.1, 0.15) is 0 Å². The lowest BCUT2D eigenvalue weighted by molar-refractivity contribution is 0.144. The molecule has 0 aromatic rings. The number of aliphatic hydroxyl groups excluding tert-OH is 1. The van der Waals surface area contributed by atoms with Crippen molar-refractivity contribution in [2.75, 3.05) is 13.1 Å². The van der Waals surface area contributed by atoms with Crippen LogP contribution in [0.2, 0.25) is 0 Å². The van der Waals surface area contributed by atoms with E-state index >= 15 is 0 Å². The Kier molecular flexibility index (Phi) is 3.41. The summed E-state index contributed by atoms with van der Waals surface area (Å²) >= 11 is 0. The van der Waals surface area contributed by atoms with Gasteiger partial charge in [0, 0.05) is 19.5 Å². The first-order valence-corrected chi connectivity index (χ1v) is 4.13. The minimum atomic E-state index is -0.145. The summed E-state index contributed by atoms with van der Waals surface area (Å²) in [6.07, 6.45) is 1.79. The molecule has 11 heavy (non-hydrogen) atoms. The topological polar surface area (TPSA) is 32.3 Å². The largest absolute Gasteiger partial charge is 0.391 e. The van der Waals surface area contributed by atoms with E-state index in [4.69, 9.17) is 0 Å². The molecule has 1 saturated heterocycles. The molecular formula is C9H15NO. The fourth-order valence-electron chi connectivity index (χ4n) is 1.40. The average Bonchev–Trinajstić information content (AvgIpc) is 2.37. The van der Waals surface area contributed by atoms with Crippen LogP contribution < -0.4 is 5.32 Å². The number of rotatable bonds is 2. The van der Waals surface area contributed by atoms with Crippen molar-refractivity contribution in [3.8, 4) is 11.8 Å². The summed E-state index contributed by atoms with van der Waals surface area (Å²) in [6.45, 7) is 3.56. The molecule has 0 amide bonds. The van der Waals surface area contributed by atoms with Crippen LogP contribution in [0.5, 0.6) is 0 Å². The van der Waals surface area contributed by atoms with Gasteiger partial charge in [-0.1, -0.05) is 0 Å². The summed E-state index contributed by atoms with van der Waals surface area (Å²) in [5.74, 6) is 6.29. The van der Waals surface area contributed by atoms with Crippen molar-refractivity contribution in [1.29, 1.82) is 0 Å². The summed E-state index contributed by atoms with van der Waals surface area (Å²) in [5.41, 5.74) is 0. The van der Waals surface area contributed by atoms with E-state index in [1.807, 2.05) is 6.92 Å². The first-order valence-electron chi connectivity index (χ1n) is 4.13. The second-order valence-electron chi connectivity index (χ2n) is 2.95. The highest BCUT2D eigenvalue weighted by Gasteiger charge is 2.23. The molecule has 0 saturated carbocycles. The second kappa shape index (κ2) is 4.38. The first-order chi connectivity index (χ1) is 5.34. The third-order valence-corrected chi connectivity index (χ3v) is 2.12. The Balaban J connectivity index is 2.18. The quantitative estimate of drug-likeness (QED) is 0.562. The molecule has 0 radical (unpaired) electrons. The fourth-order valence-corrected chi connectivity index (χ4v) is 1.40. The van der Waals surface area contributed by atoms with Gasteiger partial charge < -0.3 is 10.4 Å². The first kappa shape index (κ1) is 8.58. The lowest BCUT2D eigenvalue weighted by Crippen LogP contribution is -2.17. The average molecular weight is 153 g/mol. The van der Waals surface area contributed by atoms with Crippen LogP contribution in [0.25, 0.3) is 0 Å². The highest BCUT2D eigenvalue weighted by molar-refractivity contribution is 4.96. The maximum Gasteiger partial charge on any atom is 0.0705 e. The molecule has 0 aromatic carbocycles. The minimum absolute atomic E-state index is 0.145. The molecule has 0 aromatic heterocycles. The van der Waals surface area contributed by atoms with Crippen LogP contribution in [-0.2, 0) is 0 Å². The monoisotopic (exact) mass is 153 g/mol. The Hall–Kier alpha value is -0.520. The van der Waals surface area contributed by atoms with Crippen LogP contribution in [0.1, 0.15) is 19.8 Å². The van der Waals surface area contributed by atoms with Crippen LogP contribution >= 0.6 is 0 Å². The maximum atomic E-state index is 9.38. The minimum Gasteiger partial charge on any atom is -0.391 e. The van der Waals surface area contributed by atoms with Crippen LogP contribution in [0, 0.1) is 17.8 Å². The Morgan fingerprint density at radius 2 is 2.36 bits per heavy atom. The molecule has 1 rings (SSSR count). The zero-order valence-electron chi connectivity index (χ0n) is 6.93. The lowest BCUT2D eigenvalue weighted by atomic mass is 10.0. The molecular weight excluding hydrogens is 138 g/mol. The zero-order chi connectivity index (χ0) is 8.10. The molecule has 1 heterocycles. The molecule has 1 aliphatic rings. The van der Waals surface area contributed by atoms with E-state index in [2.05, 4.69) is 17.2 Å². The van der Waals surface area contributed by atoms with E-state index in [-0.39, 0.29) is 6.10 Å². The van der Waals surface area contributed by atoms with Gasteiger partial charge in [-0.05, 0) is 19.3 Å². The van der Waals surface area contributed by atoms with Crippen LogP contribution in [0.3, 0.4) is 0 Å². The van der Waals surface area contributed by atoms with Crippen molar-refractivity contribution < 1.29 is 5.11 Å². The van der Waals surface area contributed by atoms with Gasteiger partial charge >= 0.3 is 0 Å². The molecule has 0 unspecified atom stereocenters. The van der Waals surface area contributed by atoms with Crippen molar-refractivity contribution in [1.82, 2.24) is 5.32 Å². The van der Waals surface area contributed by atoms with Gasteiger partial charge in [-0.15, -0.1) is 11.8 Å². The van der Waals surface area contributed by atoms with Gasteiger partial charge in [0.25, 0.3) is 0 Å². The smallest absolute Gasteiger partial charge is 0.0705 e. The summed E-state index contributed by atoms with van der Waals surface area (Å²) in [5, 5.41) is 12.5. The van der Waals surface area contributed by atoms with E-state index in [1.165, 1.54) is 0 Å². The Morgan fingerprint density at radius 3 is 2.91 bits per heavy atom. The second-order valence-corrected chi connectivity index (χ2v) is 2.95. The van der Waals surface area contributed by atoms with Crippen molar-refractivity contribution in [3.05, 3.63) is 0 Å². The van der Waals surface area contributed by atoms with Crippen molar-refractivity contribution in [2.24, 2.45) is 5.92 Å². The molecule has 1 aliphatic heterocycles. The molecule has 2 N–H and O–H groups in total. The van der Waals surface area contributed by atoms with Crippen molar-refractivity contribution >= 4 is 0 Å². The zero-order valence-corrected chi connectivity index (χ0v) is 6.93. The molecule has 1 fully saturated rings. The SMILES string of the molecule is CC#CCC[C@@H]1CNC[C@H]1O. The van der Waals surface area contributed by atoms with Gasteiger partial charge in [-0.3, -0.25) is 0 Å². The standard InChI is InChI=1S/C9H15NO/c1-2-3-4-5-8-6-10-7-9(8)11/h8-11H,4-7H2,1H3/t8-,9-/m1/s1. The normalized spacial score (nSPS) is 29.6. The fraction of sp³-hybridized carbons (Fsp3) is 0.778. The van der Waals surface area contributed by atoms with Gasteiger partial charge in [0.15, 0.2) is 0 Å². The predicted molar refractivity (Wildman–Crippen MR) is 45.1 cm³/mol. The summed E-state index contributed by atoms with van der Waals surface area (Å²) in [7, 11) is 0. The van der Waals surface area contributed by atoms with Gasteiger partial charge in [0.05, 0.1) is 6.10 Å². The van der Waals surface area contributed by atoms with Gasteiger partial charge in [-0.2, -0.15) is 0 Å². The highest BCUT2D eigenvalue weighted by atomic mass is 16.3. The molecule has 2 heteroatoms. The van der Waals surface area contributed by atoms with Crippen molar-refractivity contribution in [3.63, 3.8) is 0 Å². The number of hydrogen-bond acceptors (Lipinski definition) is 2. The molecule has 62 valence electrons. The van der Waals surface area contributed by atoms with Crippen LogP contribution in [0.15, 0.2) is 0 Å². The van der Waals surface area contributed by atoms with E-state index < -0.39 is 0 Å². The molecule has 0 spiro atoms. The van der Waals surface area contributed by atoms with Gasteiger partial charge in [0.2, 0.25) is 0 Å². The van der Waals surface area contributed by atoms with E-state index in [9.17, 15) is 5.11 Å². The molecule has 2 nitrogen and oxygen atoms in total. The third-order valence-electron chi connectivity index (χ3n) is 2.12. The maximum absolute atomic E-state index is 9.38. The Morgan fingerprint density at radius 1 is 1.55 bits per heavy atom. The summed E-state index contributed by atoms with van der Waals surface area (Å²) in [4.78, 5) is 0. The highest BCUT2D eigenvalue weighted by Crippen LogP contribution is 2.14. The molecule has 2 atom stereocenters. The number of nitrogens with one attached hydrogen (secondary N) is 1. The van der Waals surface area contributed by atoms with E-state index in [1.54, 1.807) is 0 Å². The van der Waals surface area contributed by atoms with Crippen LogP contribution in [-0.4, -0.2) is 24.3 Å². The number of hydrogen-bond donors (Lipinski definition) is 2. The molecule has 0 bridgehead atoms. The van der Waals surface area contributed by atoms with E-state index in [0.717, 1.165) is 25.9 Å². The molecule has 0 aliphatic carbocycles. The summed E-state index contributed by atoms with van der Waals surface area (Å²) < 4.78 is 0. The third kappa shape index (κ3) is 2.53.